The van der Waals surface area contributed by atoms with E-state index in [0.717, 1.165) is 25.7 Å². The topological polar surface area (TPSA) is 66.5 Å². The van der Waals surface area contributed by atoms with Gasteiger partial charge in [-0.25, -0.2) is 8.42 Å². The van der Waals surface area contributed by atoms with E-state index in [1.54, 1.807) is 30.3 Å². The molecule has 0 spiro atoms. The molecule has 128 valence electrons. The van der Waals surface area contributed by atoms with E-state index in [1.807, 2.05) is 0 Å². The first kappa shape index (κ1) is 17.0. The predicted octanol–water partition coefficient (Wildman–Crippen LogP) is 1.76. The average molecular weight is 346 g/mol. The number of benzene rings is 1. The van der Waals surface area contributed by atoms with Gasteiger partial charge in [0.1, 0.15) is 6.04 Å². The lowest BCUT2D eigenvalue weighted by atomic mass is 9.85. The lowest BCUT2D eigenvalue weighted by molar-refractivity contribution is -0.124. The smallest absolute Gasteiger partial charge is 0.244 e. The van der Waals surface area contributed by atoms with Gasteiger partial charge in [-0.1, -0.05) is 37.0 Å². The predicted molar refractivity (Wildman–Crippen MR) is 91.5 cm³/mol. The molecule has 1 aliphatic heterocycles. The first-order valence-electron chi connectivity index (χ1n) is 8.35. The monoisotopic (exact) mass is 346 g/mol. The summed E-state index contributed by atoms with van der Waals surface area (Å²) < 4.78 is 27.8. The van der Waals surface area contributed by atoms with Crippen molar-refractivity contribution >= 4 is 15.9 Å². The van der Waals surface area contributed by atoms with Crippen LogP contribution in [0, 0.1) is 18.3 Å². The largest absolute Gasteiger partial charge is 0.344 e. The number of fused-ring (bicyclic) bond motifs is 1. The van der Waals surface area contributed by atoms with Gasteiger partial charge < -0.3 is 5.32 Å². The number of carbonyl (C=O) groups is 1. The van der Waals surface area contributed by atoms with Crippen LogP contribution in [0.25, 0.3) is 0 Å². The van der Waals surface area contributed by atoms with Crippen molar-refractivity contribution in [2.24, 2.45) is 5.92 Å². The standard InChI is InChI=1S/C18H22N2O3S/c1-2-12-19-18(21)17-13-14-8-6-7-11-16(14)20(17)24(22,23)15-9-4-3-5-10-15/h1,3-5,9-10,14,16-17H,6-8,11-13H2,(H,19,21)/t14-,16-,17-/m0/s1. The highest BCUT2D eigenvalue weighted by Gasteiger charge is 2.50. The molecule has 6 heteroatoms. The maximum Gasteiger partial charge on any atom is 0.244 e. The first-order valence-corrected chi connectivity index (χ1v) is 9.79. The molecule has 1 heterocycles. The normalized spacial score (nSPS) is 27.2. The third-order valence-electron chi connectivity index (χ3n) is 5.01. The number of hydrogen-bond donors (Lipinski definition) is 1. The third kappa shape index (κ3) is 3.06. The van der Waals surface area contributed by atoms with Gasteiger partial charge in [0.25, 0.3) is 0 Å². The number of nitrogens with one attached hydrogen (secondary N) is 1. The molecule has 24 heavy (non-hydrogen) atoms. The number of sulfonamides is 1. The van der Waals surface area contributed by atoms with Crippen molar-refractivity contribution < 1.29 is 13.2 Å². The Balaban J connectivity index is 1.96. The summed E-state index contributed by atoms with van der Waals surface area (Å²) in [4.78, 5) is 12.8. The van der Waals surface area contributed by atoms with Crippen LogP contribution in [0.5, 0.6) is 0 Å². The van der Waals surface area contributed by atoms with E-state index in [0.29, 0.717) is 6.42 Å². The van der Waals surface area contributed by atoms with Gasteiger partial charge in [0.05, 0.1) is 11.4 Å². The second kappa shape index (κ2) is 6.96. The van der Waals surface area contributed by atoms with Crippen LogP contribution in [0.4, 0.5) is 0 Å². The highest BCUT2D eigenvalue weighted by atomic mass is 32.2. The summed E-state index contributed by atoms with van der Waals surface area (Å²) in [5, 5.41) is 2.66. The zero-order valence-electron chi connectivity index (χ0n) is 13.5. The minimum absolute atomic E-state index is 0.0921. The highest BCUT2D eigenvalue weighted by molar-refractivity contribution is 7.89. The van der Waals surface area contributed by atoms with Gasteiger partial charge in [-0.3, -0.25) is 4.79 Å². The van der Waals surface area contributed by atoms with Crippen LogP contribution in [0.3, 0.4) is 0 Å². The van der Waals surface area contributed by atoms with Gasteiger partial charge in [0.2, 0.25) is 15.9 Å². The molecule has 1 aliphatic carbocycles. The summed E-state index contributed by atoms with van der Waals surface area (Å²) in [6.07, 6.45) is 9.67. The van der Waals surface area contributed by atoms with Crippen molar-refractivity contribution in [3.8, 4) is 12.3 Å². The molecule has 0 unspecified atom stereocenters. The van der Waals surface area contributed by atoms with E-state index in [4.69, 9.17) is 6.42 Å². The number of amides is 1. The number of carbonyl (C=O) groups excluding carboxylic acids is 1. The summed E-state index contributed by atoms with van der Waals surface area (Å²) in [5.74, 6) is 2.33. The van der Waals surface area contributed by atoms with Crippen molar-refractivity contribution in [2.45, 2.75) is 49.1 Å². The van der Waals surface area contributed by atoms with E-state index >= 15 is 0 Å². The molecule has 0 radical (unpaired) electrons. The molecular formula is C18H22N2O3S. The molecule has 1 N–H and O–H groups in total. The first-order chi connectivity index (χ1) is 11.6. The fourth-order valence-corrected chi connectivity index (χ4v) is 5.85. The van der Waals surface area contributed by atoms with E-state index in [1.165, 1.54) is 4.31 Å². The van der Waals surface area contributed by atoms with Crippen LogP contribution in [-0.4, -0.2) is 37.3 Å². The Morgan fingerprint density at radius 2 is 1.96 bits per heavy atom. The van der Waals surface area contributed by atoms with Crippen molar-refractivity contribution in [1.82, 2.24) is 9.62 Å². The molecule has 1 saturated heterocycles. The molecule has 1 saturated carbocycles. The number of rotatable bonds is 4. The van der Waals surface area contributed by atoms with Gasteiger partial charge >= 0.3 is 0 Å². The Kier molecular flexibility index (Phi) is 4.93. The van der Waals surface area contributed by atoms with Crippen LogP contribution >= 0.6 is 0 Å². The molecule has 1 aromatic rings. The fourth-order valence-electron chi connectivity index (χ4n) is 3.96. The maximum absolute atomic E-state index is 13.2. The summed E-state index contributed by atoms with van der Waals surface area (Å²) in [6.45, 7) is 0.115. The van der Waals surface area contributed by atoms with Gasteiger partial charge in [-0.2, -0.15) is 4.31 Å². The van der Waals surface area contributed by atoms with E-state index < -0.39 is 16.1 Å². The van der Waals surface area contributed by atoms with E-state index in [9.17, 15) is 13.2 Å². The Labute approximate surface area is 143 Å². The zero-order valence-corrected chi connectivity index (χ0v) is 14.3. The summed E-state index contributed by atoms with van der Waals surface area (Å²) >= 11 is 0. The van der Waals surface area contributed by atoms with Crippen molar-refractivity contribution in [1.29, 1.82) is 0 Å². The minimum atomic E-state index is -3.71. The number of nitrogens with zero attached hydrogens (tertiary/aromatic N) is 1. The molecule has 3 rings (SSSR count). The molecule has 2 aliphatic rings. The quantitative estimate of drug-likeness (QED) is 0.845. The van der Waals surface area contributed by atoms with Gasteiger partial charge in [-0.15, -0.1) is 6.42 Å². The third-order valence-corrected chi connectivity index (χ3v) is 6.96. The maximum atomic E-state index is 13.2. The minimum Gasteiger partial charge on any atom is -0.344 e. The lowest BCUT2D eigenvalue weighted by Gasteiger charge is -2.32. The zero-order chi connectivity index (χ0) is 17.2. The second-order valence-corrected chi connectivity index (χ2v) is 8.28. The SMILES string of the molecule is C#CCNC(=O)[C@@H]1C[C@@H]2CCCC[C@@H]2N1S(=O)(=O)c1ccccc1. The molecule has 1 amide bonds. The van der Waals surface area contributed by atoms with Crippen molar-refractivity contribution in [2.75, 3.05) is 6.54 Å². The molecule has 5 nitrogen and oxygen atoms in total. The molecule has 0 aromatic heterocycles. The van der Waals surface area contributed by atoms with Gasteiger partial charge in [-0.05, 0) is 37.3 Å². The summed E-state index contributed by atoms with van der Waals surface area (Å²) in [5.41, 5.74) is 0. The van der Waals surface area contributed by atoms with Crippen molar-refractivity contribution in [3.63, 3.8) is 0 Å². The Morgan fingerprint density at radius 3 is 2.67 bits per heavy atom. The van der Waals surface area contributed by atoms with Crippen LogP contribution in [0.2, 0.25) is 0 Å². The van der Waals surface area contributed by atoms with Crippen LogP contribution in [-0.2, 0) is 14.8 Å². The molecule has 0 bridgehead atoms. The Bertz CT molecular complexity index is 739. The van der Waals surface area contributed by atoms with E-state index in [2.05, 4.69) is 11.2 Å². The summed E-state index contributed by atoms with van der Waals surface area (Å²) in [6, 6.07) is 7.60. The number of terminal acetylenes is 1. The molecule has 2 fully saturated rings. The number of hydrogen-bond acceptors (Lipinski definition) is 3. The lowest BCUT2D eigenvalue weighted by Crippen LogP contribution is -2.49. The van der Waals surface area contributed by atoms with E-state index in [-0.39, 0.29) is 29.3 Å². The van der Waals surface area contributed by atoms with Crippen LogP contribution in [0.15, 0.2) is 35.2 Å². The second-order valence-electron chi connectivity index (χ2n) is 6.43. The van der Waals surface area contributed by atoms with Crippen LogP contribution in [0.1, 0.15) is 32.1 Å². The Hall–Kier alpha value is -1.84. The molecule has 1 aromatic carbocycles. The molecular weight excluding hydrogens is 324 g/mol. The molecule has 3 atom stereocenters. The van der Waals surface area contributed by atoms with Crippen LogP contribution < -0.4 is 5.32 Å². The highest BCUT2D eigenvalue weighted by Crippen LogP contribution is 2.42. The van der Waals surface area contributed by atoms with Gasteiger partial charge in [0.15, 0.2) is 0 Å². The Morgan fingerprint density at radius 1 is 1.25 bits per heavy atom. The van der Waals surface area contributed by atoms with Gasteiger partial charge in [0, 0.05) is 6.04 Å². The fraction of sp³-hybridized carbons (Fsp3) is 0.500. The average Bonchev–Trinajstić information content (AvgIpc) is 3.00. The van der Waals surface area contributed by atoms with Crippen molar-refractivity contribution in [3.05, 3.63) is 30.3 Å². The summed E-state index contributed by atoms with van der Waals surface area (Å²) in [7, 11) is -3.71.